The summed E-state index contributed by atoms with van der Waals surface area (Å²) in [5.74, 6) is 0.228. The molecular formula is C21H17N7OS. The van der Waals surface area contributed by atoms with Crippen LogP contribution in [-0.4, -0.2) is 35.3 Å². The summed E-state index contributed by atoms with van der Waals surface area (Å²) in [6.07, 6.45) is 3.90. The van der Waals surface area contributed by atoms with Crippen molar-refractivity contribution in [2.45, 2.75) is 13.8 Å². The van der Waals surface area contributed by atoms with Gasteiger partial charge in [-0.15, -0.1) is 21.5 Å². The minimum absolute atomic E-state index is 0.223. The number of nitrogens with zero attached hydrogens (tertiary/aromatic N) is 6. The normalized spacial score (nSPS) is 11.1. The second kappa shape index (κ2) is 7.20. The van der Waals surface area contributed by atoms with E-state index in [2.05, 4.69) is 25.6 Å². The van der Waals surface area contributed by atoms with E-state index in [0.717, 1.165) is 27.6 Å². The molecule has 0 aliphatic heterocycles. The molecule has 5 rings (SSSR count). The van der Waals surface area contributed by atoms with E-state index in [0.29, 0.717) is 11.5 Å². The minimum atomic E-state index is -0.337. The highest BCUT2D eigenvalue weighted by atomic mass is 32.1. The summed E-state index contributed by atoms with van der Waals surface area (Å²) < 4.78 is 3.66. The van der Waals surface area contributed by atoms with Gasteiger partial charge in [-0.25, -0.2) is 9.67 Å². The number of carbonyl (C=O) groups excluding carboxylic acids is 1. The lowest BCUT2D eigenvalue weighted by molar-refractivity contribution is 0.102. The van der Waals surface area contributed by atoms with Crippen LogP contribution in [0.2, 0.25) is 0 Å². The van der Waals surface area contributed by atoms with Gasteiger partial charge in [-0.2, -0.15) is 5.10 Å². The lowest BCUT2D eigenvalue weighted by atomic mass is 10.1. The molecule has 0 saturated carbocycles. The lowest BCUT2D eigenvalue weighted by Gasteiger charge is -2.09. The molecule has 9 heteroatoms. The van der Waals surface area contributed by atoms with Gasteiger partial charge < -0.3 is 5.32 Å². The number of carbonyl (C=O) groups is 1. The molecular weight excluding hydrogens is 398 g/mol. The number of hydrogen-bond acceptors (Lipinski definition) is 6. The van der Waals surface area contributed by atoms with Gasteiger partial charge in [-0.1, -0.05) is 18.2 Å². The highest BCUT2D eigenvalue weighted by molar-refractivity contribution is 7.15. The summed E-state index contributed by atoms with van der Waals surface area (Å²) >= 11 is 1.56. The number of benzene rings is 1. The number of para-hydroxylation sites is 1. The first-order valence-corrected chi connectivity index (χ1v) is 10.2. The maximum atomic E-state index is 12.8. The average molecular weight is 415 g/mol. The first-order valence-electron chi connectivity index (χ1n) is 9.29. The van der Waals surface area contributed by atoms with Gasteiger partial charge in [0.1, 0.15) is 0 Å². The van der Waals surface area contributed by atoms with Crippen molar-refractivity contribution in [1.82, 2.24) is 29.4 Å². The highest BCUT2D eigenvalue weighted by Crippen LogP contribution is 2.28. The van der Waals surface area contributed by atoms with Crippen LogP contribution in [-0.2, 0) is 0 Å². The maximum absolute atomic E-state index is 12.8. The molecule has 1 aromatic carbocycles. The van der Waals surface area contributed by atoms with Crippen molar-refractivity contribution in [1.29, 1.82) is 0 Å². The quantitative estimate of drug-likeness (QED) is 0.481. The number of hydrogen-bond donors (Lipinski definition) is 1. The summed E-state index contributed by atoms with van der Waals surface area (Å²) in [7, 11) is 0. The van der Waals surface area contributed by atoms with E-state index >= 15 is 0 Å². The van der Waals surface area contributed by atoms with E-state index in [4.69, 9.17) is 0 Å². The Morgan fingerprint density at radius 3 is 2.70 bits per heavy atom. The zero-order chi connectivity index (χ0) is 20.7. The van der Waals surface area contributed by atoms with Crippen LogP contribution in [0, 0.1) is 13.8 Å². The number of nitrogens with one attached hydrogen (secondary N) is 1. The summed E-state index contributed by atoms with van der Waals surface area (Å²) in [6.45, 7) is 3.86. The van der Waals surface area contributed by atoms with Gasteiger partial charge in [-0.3, -0.25) is 9.20 Å². The number of aromatic nitrogens is 6. The van der Waals surface area contributed by atoms with Gasteiger partial charge in [0.15, 0.2) is 16.5 Å². The summed E-state index contributed by atoms with van der Waals surface area (Å²) in [5.41, 5.74) is 4.37. The van der Waals surface area contributed by atoms with E-state index < -0.39 is 0 Å². The van der Waals surface area contributed by atoms with Gasteiger partial charge in [-0.05, 0) is 38.1 Å². The van der Waals surface area contributed by atoms with Crippen LogP contribution in [0.1, 0.15) is 21.9 Å². The molecule has 5 aromatic rings. The van der Waals surface area contributed by atoms with Crippen molar-refractivity contribution in [3.05, 3.63) is 77.3 Å². The topological polar surface area (TPSA) is 90.0 Å². The number of imidazole rings is 1. The van der Waals surface area contributed by atoms with Gasteiger partial charge >= 0.3 is 0 Å². The minimum Gasteiger partial charge on any atom is -0.320 e. The molecule has 0 bridgehead atoms. The van der Waals surface area contributed by atoms with Crippen LogP contribution in [0.4, 0.5) is 5.69 Å². The molecule has 1 N–H and O–H groups in total. The van der Waals surface area contributed by atoms with Crippen molar-refractivity contribution < 1.29 is 4.79 Å². The summed E-state index contributed by atoms with van der Waals surface area (Å²) in [6, 6.07) is 12.9. The fourth-order valence-corrected chi connectivity index (χ4v) is 3.98. The van der Waals surface area contributed by atoms with Crippen LogP contribution in [0.25, 0.3) is 22.0 Å². The SMILES string of the molecule is Cc1cc(C)n(-c2ccc(C(=O)Nc3ccccc3-c3cn4ccsc4n3)nn2)n1. The third-order valence-electron chi connectivity index (χ3n) is 4.65. The third kappa shape index (κ3) is 3.25. The predicted octanol–water partition coefficient (Wildman–Crippen LogP) is 3.91. The molecule has 4 aromatic heterocycles. The van der Waals surface area contributed by atoms with Gasteiger partial charge in [0.05, 0.1) is 17.1 Å². The molecule has 0 spiro atoms. The van der Waals surface area contributed by atoms with Crippen molar-refractivity contribution in [2.75, 3.05) is 5.32 Å². The molecule has 8 nitrogen and oxygen atoms in total. The average Bonchev–Trinajstić information content (AvgIpc) is 3.43. The fraction of sp³-hybridized carbons (Fsp3) is 0.0952. The molecule has 0 radical (unpaired) electrons. The Hall–Kier alpha value is -3.85. The Labute approximate surface area is 175 Å². The van der Waals surface area contributed by atoms with E-state index in [-0.39, 0.29) is 11.6 Å². The monoisotopic (exact) mass is 415 g/mol. The van der Waals surface area contributed by atoms with Crippen molar-refractivity contribution >= 4 is 27.9 Å². The molecule has 0 aliphatic carbocycles. The first kappa shape index (κ1) is 18.2. The van der Waals surface area contributed by atoms with E-state index in [1.54, 1.807) is 28.2 Å². The molecule has 1 amide bonds. The summed E-state index contributed by atoms with van der Waals surface area (Å²) in [4.78, 5) is 18.3. The van der Waals surface area contributed by atoms with Crippen molar-refractivity contribution in [3.63, 3.8) is 0 Å². The van der Waals surface area contributed by atoms with E-state index in [1.165, 1.54) is 0 Å². The van der Waals surface area contributed by atoms with Gasteiger partial charge in [0, 0.05) is 29.0 Å². The molecule has 0 saturated heterocycles. The zero-order valence-electron chi connectivity index (χ0n) is 16.3. The zero-order valence-corrected chi connectivity index (χ0v) is 17.1. The number of thiazole rings is 1. The Morgan fingerprint density at radius 1 is 1.10 bits per heavy atom. The van der Waals surface area contributed by atoms with Crippen LogP contribution in [0.15, 0.2) is 60.2 Å². The Kier molecular flexibility index (Phi) is 4.36. The molecule has 0 atom stereocenters. The maximum Gasteiger partial charge on any atom is 0.276 e. The molecule has 0 aliphatic rings. The Bertz CT molecular complexity index is 1340. The smallest absolute Gasteiger partial charge is 0.276 e. The van der Waals surface area contributed by atoms with Crippen LogP contribution in [0.5, 0.6) is 0 Å². The second-order valence-corrected chi connectivity index (χ2v) is 7.71. The predicted molar refractivity (Wildman–Crippen MR) is 115 cm³/mol. The number of rotatable bonds is 4. The molecule has 0 fully saturated rings. The molecule has 4 heterocycles. The van der Waals surface area contributed by atoms with Crippen molar-refractivity contribution in [3.8, 4) is 17.1 Å². The van der Waals surface area contributed by atoms with Gasteiger partial charge in [0.25, 0.3) is 5.91 Å². The lowest BCUT2D eigenvalue weighted by Crippen LogP contribution is -2.16. The molecule has 30 heavy (non-hydrogen) atoms. The number of anilines is 1. The van der Waals surface area contributed by atoms with Crippen molar-refractivity contribution in [2.24, 2.45) is 0 Å². The van der Waals surface area contributed by atoms with E-state index in [1.807, 2.05) is 66.4 Å². The summed E-state index contributed by atoms with van der Waals surface area (Å²) in [5, 5.41) is 17.5. The third-order valence-corrected chi connectivity index (χ3v) is 5.42. The largest absolute Gasteiger partial charge is 0.320 e. The number of amides is 1. The van der Waals surface area contributed by atoms with Crippen LogP contribution in [0.3, 0.4) is 0 Å². The fourth-order valence-electron chi connectivity index (χ4n) is 3.28. The highest BCUT2D eigenvalue weighted by Gasteiger charge is 2.15. The van der Waals surface area contributed by atoms with Gasteiger partial charge in [0.2, 0.25) is 0 Å². The van der Waals surface area contributed by atoms with E-state index in [9.17, 15) is 4.79 Å². The Balaban J connectivity index is 1.41. The standard InChI is InChI=1S/C21H17N7OS/c1-13-11-14(2)28(26-13)19-8-7-17(24-25-19)20(29)22-16-6-4-3-5-15(16)18-12-27-9-10-30-21(27)23-18/h3-12H,1-2H3,(H,22,29). The molecule has 0 unspecified atom stereocenters. The second-order valence-electron chi connectivity index (χ2n) is 6.83. The first-order chi connectivity index (χ1) is 14.6. The van der Waals surface area contributed by atoms with Crippen LogP contribution >= 0.6 is 11.3 Å². The Morgan fingerprint density at radius 2 is 1.97 bits per heavy atom. The number of fused-ring (bicyclic) bond motifs is 1. The molecule has 148 valence electrons. The number of aryl methyl sites for hydroxylation is 2. The van der Waals surface area contributed by atoms with Crippen LogP contribution < -0.4 is 5.32 Å².